The van der Waals surface area contributed by atoms with E-state index in [9.17, 15) is 8.42 Å². The number of hydrogen-bond acceptors (Lipinski definition) is 4. The van der Waals surface area contributed by atoms with E-state index in [1.807, 2.05) is 14.0 Å². The molecule has 0 atom stereocenters. The summed E-state index contributed by atoms with van der Waals surface area (Å²) >= 11 is 1.54. The lowest BCUT2D eigenvalue weighted by Gasteiger charge is -2.23. The Morgan fingerprint density at radius 3 is 2.60 bits per heavy atom. The molecule has 0 unspecified atom stereocenters. The van der Waals surface area contributed by atoms with Gasteiger partial charge >= 0.3 is 0 Å². The van der Waals surface area contributed by atoms with Gasteiger partial charge in [-0.2, -0.15) is 0 Å². The predicted octanol–water partition coefficient (Wildman–Crippen LogP) is 2.63. The molecule has 1 aromatic heterocycles. The van der Waals surface area contributed by atoms with Crippen LogP contribution in [0.25, 0.3) is 0 Å². The van der Waals surface area contributed by atoms with Crippen LogP contribution in [0.1, 0.15) is 42.4 Å². The lowest BCUT2D eigenvalue weighted by atomic mass is 9.89. The molecule has 1 aromatic rings. The monoisotopic (exact) mass is 316 g/mol. The van der Waals surface area contributed by atoms with Gasteiger partial charge in [0.25, 0.3) is 0 Å². The Morgan fingerprint density at radius 2 is 2.00 bits per heavy atom. The Bertz CT molecular complexity index is 558. The number of hydrogen-bond donors (Lipinski definition) is 2. The van der Waals surface area contributed by atoms with Crippen LogP contribution in [0, 0.1) is 12.3 Å². The Kier molecular flexibility index (Phi) is 4.89. The van der Waals surface area contributed by atoms with Crippen molar-refractivity contribution >= 4 is 21.4 Å². The van der Waals surface area contributed by atoms with E-state index in [2.05, 4.69) is 17.0 Å². The van der Waals surface area contributed by atoms with Crippen LogP contribution < -0.4 is 10.0 Å². The first kappa shape index (κ1) is 15.9. The maximum atomic E-state index is 12.4. The van der Waals surface area contributed by atoms with Crippen molar-refractivity contribution in [3.63, 3.8) is 0 Å². The summed E-state index contributed by atoms with van der Waals surface area (Å²) in [7, 11) is -1.52. The molecule has 1 aliphatic carbocycles. The van der Waals surface area contributed by atoms with Crippen molar-refractivity contribution in [2.75, 3.05) is 13.6 Å². The third-order valence-electron chi connectivity index (χ3n) is 4.06. The summed E-state index contributed by atoms with van der Waals surface area (Å²) < 4.78 is 27.7. The molecule has 1 heterocycles. The van der Waals surface area contributed by atoms with E-state index in [1.165, 1.54) is 12.8 Å². The summed E-state index contributed by atoms with van der Waals surface area (Å²) in [6, 6.07) is 1.79. The van der Waals surface area contributed by atoms with Crippen molar-refractivity contribution in [2.24, 2.45) is 5.41 Å². The van der Waals surface area contributed by atoms with E-state index >= 15 is 0 Å². The fourth-order valence-electron chi connectivity index (χ4n) is 2.80. The van der Waals surface area contributed by atoms with Crippen LogP contribution in [0.2, 0.25) is 0 Å². The van der Waals surface area contributed by atoms with E-state index in [-0.39, 0.29) is 5.41 Å². The minimum absolute atomic E-state index is 0.130. The van der Waals surface area contributed by atoms with Crippen molar-refractivity contribution in [3.8, 4) is 0 Å². The summed E-state index contributed by atoms with van der Waals surface area (Å²) in [6.45, 7) is 5.30. The van der Waals surface area contributed by atoms with Gasteiger partial charge in [-0.25, -0.2) is 13.1 Å². The summed E-state index contributed by atoms with van der Waals surface area (Å²) in [5.41, 5.74) is 0.130. The predicted molar refractivity (Wildman–Crippen MR) is 83.6 cm³/mol. The molecular formula is C14H24N2O2S2. The van der Waals surface area contributed by atoms with E-state index in [0.717, 1.165) is 22.6 Å². The summed E-state index contributed by atoms with van der Waals surface area (Å²) in [5, 5.41) is 3.05. The van der Waals surface area contributed by atoms with Gasteiger partial charge in [-0.15, -0.1) is 11.3 Å². The molecule has 1 saturated carbocycles. The zero-order valence-electron chi connectivity index (χ0n) is 12.5. The first-order valence-electron chi connectivity index (χ1n) is 7.10. The molecule has 114 valence electrons. The smallest absolute Gasteiger partial charge is 0.241 e. The molecule has 0 spiro atoms. The Balaban J connectivity index is 2.09. The number of thiophene rings is 1. The quantitative estimate of drug-likeness (QED) is 0.848. The van der Waals surface area contributed by atoms with Crippen molar-refractivity contribution in [3.05, 3.63) is 15.8 Å². The van der Waals surface area contributed by atoms with E-state index in [4.69, 9.17) is 0 Å². The zero-order chi connectivity index (χ0) is 14.8. The summed E-state index contributed by atoms with van der Waals surface area (Å²) in [4.78, 5) is 2.35. The van der Waals surface area contributed by atoms with Crippen LogP contribution in [-0.4, -0.2) is 22.0 Å². The molecule has 0 aromatic carbocycles. The van der Waals surface area contributed by atoms with Gasteiger partial charge in [0.15, 0.2) is 0 Å². The largest absolute Gasteiger partial charge is 0.315 e. The van der Waals surface area contributed by atoms with Crippen LogP contribution in [0.3, 0.4) is 0 Å². The van der Waals surface area contributed by atoms with E-state index < -0.39 is 10.0 Å². The molecule has 2 N–H and O–H groups in total. The Morgan fingerprint density at radius 1 is 1.35 bits per heavy atom. The minimum Gasteiger partial charge on any atom is -0.315 e. The second-order valence-electron chi connectivity index (χ2n) is 6.01. The van der Waals surface area contributed by atoms with Crippen molar-refractivity contribution in [2.45, 2.75) is 51.0 Å². The van der Waals surface area contributed by atoms with E-state index in [1.54, 1.807) is 17.4 Å². The Labute approximate surface area is 126 Å². The van der Waals surface area contributed by atoms with Gasteiger partial charge in [-0.1, -0.05) is 19.8 Å². The average Bonchev–Trinajstić information content (AvgIpc) is 2.96. The van der Waals surface area contributed by atoms with Crippen molar-refractivity contribution < 1.29 is 8.42 Å². The van der Waals surface area contributed by atoms with Crippen LogP contribution >= 0.6 is 11.3 Å². The maximum Gasteiger partial charge on any atom is 0.241 e. The van der Waals surface area contributed by atoms with Crippen LogP contribution in [0.5, 0.6) is 0 Å². The highest BCUT2D eigenvalue weighted by atomic mass is 32.2. The molecule has 0 saturated heterocycles. The average molecular weight is 316 g/mol. The minimum atomic E-state index is -3.38. The highest BCUT2D eigenvalue weighted by Gasteiger charge is 2.31. The highest BCUT2D eigenvalue weighted by Crippen LogP contribution is 2.37. The molecule has 2 rings (SSSR count). The molecule has 0 aliphatic heterocycles. The molecule has 0 radical (unpaired) electrons. The van der Waals surface area contributed by atoms with E-state index in [0.29, 0.717) is 18.0 Å². The lowest BCUT2D eigenvalue weighted by Crippen LogP contribution is -2.34. The van der Waals surface area contributed by atoms with Gasteiger partial charge in [-0.3, -0.25) is 0 Å². The molecule has 6 heteroatoms. The molecule has 20 heavy (non-hydrogen) atoms. The molecule has 0 bridgehead atoms. The number of rotatable bonds is 6. The number of nitrogens with one attached hydrogen (secondary N) is 2. The standard InChI is InChI=1S/C14H24N2O2S2/c1-11-13(8-12(19-11)9-15-3)20(17,18)16-10-14(2)6-4-5-7-14/h8,15-16H,4-7,9-10H2,1-3H3. The number of sulfonamides is 1. The first-order chi connectivity index (χ1) is 9.36. The second kappa shape index (κ2) is 6.13. The number of aryl methyl sites for hydroxylation is 1. The van der Waals surface area contributed by atoms with Gasteiger partial charge < -0.3 is 5.32 Å². The zero-order valence-corrected chi connectivity index (χ0v) is 14.1. The maximum absolute atomic E-state index is 12.4. The summed E-state index contributed by atoms with van der Waals surface area (Å²) in [6.07, 6.45) is 4.65. The molecule has 1 aliphatic rings. The SMILES string of the molecule is CNCc1cc(S(=O)(=O)NCC2(C)CCCC2)c(C)s1. The van der Waals surface area contributed by atoms with Crippen LogP contribution in [-0.2, 0) is 16.6 Å². The topological polar surface area (TPSA) is 58.2 Å². The van der Waals surface area contributed by atoms with Gasteiger partial charge in [0.2, 0.25) is 10.0 Å². The first-order valence-corrected chi connectivity index (χ1v) is 9.40. The van der Waals surface area contributed by atoms with Crippen molar-refractivity contribution in [1.29, 1.82) is 0 Å². The lowest BCUT2D eigenvalue weighted by molar-refractivity contribution is 0.336. The van der Waals surface area contributed by atoms with Gasteiger partial charge in [0, 0.05) is 22.8 Å². The molecular weight excluding hydrogens is 292 g/mol. The normalized spacial score (nSPS) is 18.6. The van der Waals surface area contributed by atoms with Gasteiger partial charge in [-0.05, 0) is 38.3 Å². The second-order valence-corrected chi connectivity index (χ2v) is 9.08. The van der Waals surface area contributed by atoms with Gasteiger partial charge in [0.05, 0.1) is 4.90 Å². The molecule has 4 nitrogen and oxygen atoms in total. The van der Waals surface area contributed by atoms with Crippen LogP contribution in [0.15, 0.2) is 11.0 Å². The molecule has 0 amide bonds. The van der Waals surface area contributed by atoms with Gasteiger partial charge in [0.1, 0.15) is 0 Å². The van der Waals surface area contributed by atoms with Crippen molar-refractivity contribution in [1.82, 2.24) is 10.0 Å². The van der Waals surface area contributed by atoms with Crippen LogP contribution in [0.4, 0.5) is 0 Å². The third kappa shape index (κ3) is 3.61. The fraction of sp³-hybridized carbons (Fsp3) is 0.714. The summed E-state index contributed by atoms with van der Waals surface area (Å²) in [5.74, 6) is 0. The molecule has 1 fully saturated rings. The fourth-order valence-corrected chi connectivity index (χ4v) is 5.65. The Hall–Kier alpha value is -0.430. The highest BCUT2D eigenvalue weighted by molar-refractivity contribution is 7.89. The third-order valence-corrected chi connectivity index (χ3v) is 6.77.